The lowest BCUT2D eigenvalue weighted by Crippen LogP contribution is -2.26. The fourth-order valence-corrected chi connectivity index (χ4v) is 2.30. The smallest absolute Gasteiger partial charge is 0.311 e. The van der Waals surface area contributed by atoms with E-state index in [2.05, 4.69) is 25.8 Å². The van der Waals surface area contributed by atoms with Crippen LogP contribution in [0.1, 0.15) is 20.8 Å². The lowest BCUT2D eigenvalue weighted by Gasteiger charge is -2.21. The van der Waals surface area contributed by atoms with E-state index in [0.717, 1.165) is 10.9 Å². The number of aromatic amines is 1. The molecule has 2 heterocycles. The lowest BCUT2D eigenvalue weighted by atomic mass is 10.1. The number of aromatic nitrogens is 3. The Kier molecular flexibility index (Phi) is 3.80. The highest BCUT2D eigenvalue weighted by atomic mass is 16.6. The molecule has 0 unspecified atom stereocenters. The SMILES string of the molecule is CC(C)(C)Nc1ccc([N+](=O)[O-])c(Nc2ccc3[nH]ncc3c2)n1. The first-order valence-corrected chi connectivity index (χ1v) is 7.46. The summed E-state index contributed by atoms with van der Waals surface area (Å²) in [5, 5.41) is 25.2. The third kappa shape index (κ3) is 3.43. The van der Waals surface area contributed by atoms with Gasteiger partial charge in [-0.25, -0.2) is 4.98 Å². The van der Waals surface area contributed by atoms with Crippen LogP contribution in [0.15, 0.2) is 36.5 Å². The maximum absolute atomic E-state index is 11.3. The molecule has 0 aliphatic rings. The van der Waals surface area contributed by atoms with Crippen LogP contribution in [0, 0.1) is 10.1 Å². The largest absolute Gasteiger partial charge is 0.365 e. The van der Waals surface area contributed by atoms with Gasteiger partial charge >= 0.3 is 5.69 Å². The van der Waals surface area contributed by atoms with Crippen LogP contribution in [0.4, 0.5) is 23.0 Å². The van der Waals surface area contributed by atoms with Crippen molar-refractivity contribution >= 4 is 33.9 Å². The molecular weight excluding hydrogens is 308 g/mol. The molecule has 0 spiro atoms. The molecule has 24 heavy (non-hydrogen) atoms. The van der Waals surface area contributed by atoms with Crippen molar-refractivity contribution in [1.82, 2.24) is 15.2 Å². The maximum atomic E-state index is 11.3. The average molecular weight is 326 g/mol. The van der Waals surface area contributed by atoms with E-state index in [-0.39, 0.29) is 17.0 Å². The molecule has 8 heteroatoms. The standard InChI is InChI=1S/C16H18N6O2/c1-16(2,3)20-14-7-6-13(22(23)24)15(19-14)18-11-4-5-12-10(8-11)9-17-21-12/h4-9H,1-3H3,(H,17,21)(H2,18,19,20). The predicted octanol–water partition coefficient (Wildman–Crippen LogP) is 3.82. The number of benzene rings is 1. The predicted molar refractivity (Wildman–Crippen MR) is 93.6 cm³/mol. The van der Waals surface area contributed by atoms with Crippen LogP contribution in [-0.4, -0.2) is 25.6 Å². The summed E-state index contributed by atoms with van der Waals surface area (Å²) in [5.41, 5.74) is 1.32. The first-order valence-electron chi connectivity index (χ1n) is 7.46. The zero-order chi connectivity index (χ0) is 17.3. The number of rotatable bonds is 4. The van der Waals surface area contributed by atoms with Crippen molar-refractivity contribution in [3.05, 3.63) is 46.6 Å². The molecular formula is C16H18N6O2. The van der Waals surface area contributed by atoms with Gasteiger partial charge in [-0.2, -0.15) is 5.10 Å². The molecule has 0 atom stereocenters. The van der Waals surface area contributed by atoms with E-state index in [1.165, 1.54) is 6.07 Å². The molecule has 0 saturated carbocycles. The van der Waals surface area contributed by atoms with E-state index in [4.69, 9.17) is 0 Å². The van der Waals surface area contributed by atoms with Gasteiger partial charge in [0.05, 0.1) is 16.6 Å². The van der Waals surface area contributed by atoms with Crippen molar-refractivity contribution in [2.24, 2.45) is 0 Å². The Labute approximate surface area is 138 Å². The molecule has 2 aromatic heterocycles. The second-order valence-electron chi connectivity index (χ2n) is 6.49. The van der Waals surface area contributed by atoms with Crippen LogP contribution in [-0.2, 0) is 0 Å². The summed E-state index contributed by atoms with van der Waals surface area (Å²) in [5.74, 6) is 0.761. The zero-order valence-electron chi connectivity index (χ0n) is 13.6. The van der Waals surface area contributed by atoms with Gasteiger partial charge in [-0.3, -0.25) is 15.2 Å². The lowest BCUT2D eigenvalue weighted by molar-refractivity contribution is -0.384. The van der Waals surface area contributed by atoms with Gasteiger partial charge in [0, 0.05) is 22.7 Å². The number of nitrogens with zero attached hydrogens (tertiary/aromatic N) is 3. The van der Waals surface area contributed by atoms with E-state index in [1.807, 2.05) is 39.0 Å². The highest BCUT2D eigenvalue weighted by Crippen LogP contribution is 2.29. The van der Waals surface area contributed by atoms with Gasteiger partial charge in [0.25, 0.3) is 0 Å². The molecule has 0 aliphatic heterocycles. The van der Waals surface area contributed by atoms with Gasteiger partial charge in [0.2, 0.25) is 5.82 Å². The Balaban J connectivity index is 1.97. The third-order valence-electron chi connectivity index (χ3n) is 3.28. The Morgan fingerprint density at radius 3 is 2.71 bits per heavy atom. The van der Waals surface area contributed by atoms with E-state index < -0.39 is 4.92 Å². The van der Waals surface area contributed by atoms with Crippen LogP contribution in [0.5, 0.6) is 0 Å². The Morgan fingerprint density at radius 2 is 2.00 bits per heavy atom. The first-order chi connectivity index (χ1) is 11.3. The van der Waals surface area contributed by atoms with Crippen molar-refractivity contribution in [2.75, 3.05) is 10.6 Å². The summed E-state index contributed by atoms with van der Waals surface area (Å²) in [4.78, 5) is 15.2. The minimum absolute atomic E-state index is 0.0817. The first kappa shape index (κ1) is 15.7. The quantitative estimate of drug-likeness (QED) is 0.497. The average Bonchev–Trinajstić information content (AvgIpc) is 2.93. The maximum Gasteiger partial charge on any atom is 0.311 e. The molecule has 0 saturated heterocycles. The summed E-state index contributed by atoms with van der Waals surface area (Å²) in [6.45, 7) is 5.99. The van der Waals surface area contributed by atoms with Crippen molar-refractivity contribution in [3.63, 3.8) is 0 Å². The fraction of sp³-hybridized carbons (Fsp3) is 0.250. The van der Waals surface area contributed by atoms with Crippen molar-refractivity contribution < 1.29 is 4.92 Å². The number of fused-ring (bicyclic) bond motifs is 1. The molecule has 0 amide bonds. The zero-order valence-corrected chi connectivity index (χ0v) is 13.6. The summed E-state index contributed by atoms with van der Waals surface area (Å²) < 4.78 is 0. The van der Waals surface area contributed by atoms with E-state index in [9.17, 15) is 10.1 Å². The molecule has 3 aromatic rings. The summed E-state index contributed by atoms with van der Waals surface area (Å²) >= 11 is 0. The fourth-order valence-electron chi connectivity index (χ4n) is 2.30. The number of hydrogen-bond donors (Lipinski definition) is 3. The number of nitro groups is 1. The van der Waals surface area contributed by atoms with Crippen LogP contribution < -0.4 is 10.6 Å². The van der Waals surface area contributed by atoms with Gasteiger partial charge in [0.15, 0.2) is 0 Å². The van der Waals surface area contributed by atoms with Gasteiger partial charge in [-0.1, -0.05) is 0 Å². The second-order valence-corrected chi connectivity index (χ2v) is 6.49. The van der Waals surface area contributed by atoms with Crippen LogP contribution in [0.25, 0.3) is 10.9 Å². The topological polar surface area (TPSA) is 109 Å². The Morgan fingerprint density at radius 1 is 1.21 bits per heavy atom. The minimum Gasteiger partial charge on any atom is -0.365 e. The van der Waals surface area contributed by atoms with Crippen molar-refractivity contribution in [2.45, 2.75) is 26.3 Å². The number of hydrogen-bond acceptors (Lipinski definition) is 6. The molecule has 1 aromatic carbocycles. The summed E-state index contributed by atoms with van der Waals surface area (Å²) in [7, 11) is 0. The highest BCUT2D eigenvalue weighted by Gasteiger charge is 2.18. The molecule has 0 bridgehead atoms. The molecule has 3 rings (SSSR count). The van der Waals surface area contributed by atoms with Crippen molar-refractivity contribution in [1.29, 1.82) is 0 Å². The second kappa shape index (κ2) is 5.80. The molecule has 124 valence electrons. The van der Waals surface area contributed by atoms with E-state index in [1.54, 1.807) is 12.3 Å². The summed E-state index contributed by atoms with van der Waals surface area (Å²) in [6.07, 6.45) is 1.69. The third-order valence-corrected chi connectivity index (χ3v) is 3.28. The summed E-state index contributed by atoms with van der Waals surface area (Å²) in [6, 6.07) is 8.57. The Bertz CT molecular complexity index is 897. The van der Waals surface area contributed by atoms with E-state index >= 15 is 0 Å². The van der Waals surface area contributed by atoms with Gasteiger partial charge in [-0.05, 0) is 45.0 Å². The molecule has 0 fully saturated rings. The number of nitrogens with one attached hydrogen (secondary N) is 3. The molecule has 0 aliphatic carbocycles. The van der Waals surface area contributed by atoms with E-state index in [0.29, 0.717) is 11.5 Å². The highest BCUT2D eigenvalue weighted by molar-refractivity contribution is 5.83. The van der Waals surface area contributed by atoms with Crippen molar-refractivity contribution in [3.8, 4) is 0 Å². The van der Waals surface area contributed by atoms with Gasteiger partial charge in [0.1, 0.15) is 5.82 Å². The Hall–Kier alpha value is -3.16. The molecule has 8 nitrogen and oxygen atoms in total. The molecule has 3 N–H and O–H groups in total. The van der Waals surface area contributed by atoms with Gasteiger partial charge in [-0.15, -0.1) is 0 Å². The monoisotopic (exact) mass is 326 g/mol. The normalized spacial score (nSPS) is 11.5. The number of pyridine rings is 1. The molecule has 0 radical (unpaired) electrons. The number of H-pyrrole nitrogens is 1. The van der Waals surface area contributed by atoms with Crippen LogP contribution in [0.3, 0.4) is 0 Å². The van der Waals surface area contributed by atoms with Gasteiger partial charge < -0.3 is 10.6 Å². The number of anilines is 3. The van der Waals surface area contributed by atoms with Crippen LogP contribution >= 0.6 is 0 Å². The van der Waals surface area contributed by atoms with Crippen LogP contribution in [0.2, 0.25) is 0 Å². The minimum atomic E-state index is -0.452.